The maximum atomic E-state index is 5.60. The fraction of sp³-hybridized carbons (Fsp3) is 0.273. The van der Waals surface area contributed by atoms with E-state index in [0.717, 1.165) is 24.6 Å². The van der Waals surface area contributed by atoms with Gasteiger partial charge in [0.2, 0.25) is 4.77 Å². The first kappa shape index (κ1) is 9.59. The van der Waals surface area contributed by atoms with Gasteiger partial charge in [-0.25, -0.2) is 4.98 Å². The van der Waals surface area contributed by atoms with E-state index in [1.807, 2.05) is 18.2 Å². The van der Waals surface area contributed by atoms with Crippen LogP contribution >= 0.6 is 12.2 Å². The molecule has 1 aromatic carbocycles. The van der Waals surface area contributed by atoms with E-state index in [2.05, 4.69) is 21.2 Å². The summed E-state index contributed by atoms with van der Waals surface area (Å²) in [7, 11) is 0. The highest BCUT2D eigenvalue weighted by Crippen LogP contribution is 2.36. The van der Waals surface area contributed by atoms with Gasteiger partial charge in [0.05, 0.1) is 12.5 Å². The minimum Gasteiger partial charge on any atom is -0.493 e. The molecule has 5 heteroatoms. The van der Waals surface area contributed by atoms with E-state index in [-0.39, 0.29) is 5.92 Å². The van der Waals surface area contributed by atoms with E-state index in [0.29, 0.717) is 4.77 Å². The molecule has 2 N–H and O–H groups in total. The lowest BCUT2D eigenvalue weighted by atomic mass is 9.93. The molecule has 1 unspecified atom stereocenters. The number of aromatic nitrogens is 3. The van der Waals surface area contributed by atoms with Gasteiger partial charge >= 0.3 is 0 Å². The number of nitrogens with zero attached hydrogens (tertiary/aromatic N) is 1. The van der Waals surface area contributed by atoms with Gasteiger partial charge < -0.3 is 4.74 Å². The average molecular weight is 233 g/mol. The summed E-state index contributed by atoms with van der Waals surface area (Å²) in [4.78, 5) is 4.28. The van der Waals surface area contributed by atoms with Gasteiger partial charge in [0.15, 0.2) is 0 Å². The van der Waals surface area contributed by atoms with Crippen molar-refractivity contribution < 1.29 is 4.74 Å². The number of ether oxygens (including phenoxy) is 1. The van der Waals surface area contributed by atoms with Crippen LogP contribution in [0.25, 0.3) is 0 Å². The molecule has 2 aromatic rings. The number of hydrogen-bond donors (Lipinski definition) is 2. The molecule has 4 nitrogen and oxygen atoms in total. The van der Waals surface area contributed by atoms with E-state index in [4.69, 9.17) is 17.0 Å². The summed E-state index contributed by atoms with van der Waals surface area (Å²) in [6, 6.07) is 8.06. The molecule has 1 atom stereocenters. The number of hydrogen-bond acceptors (Lipinski definition) is 3. The van der Waals surface area contributed by atoms with Crippen LogP contribution in [0, 0.1) is 4.77 Å². The van der Waals surface area contributed by atoms with Crippen molar-refractivity contribution in [3.05, 3.63) is 40.4 Å². The Morgan fingerprint density at radius 1 is 1.31 bits per heavy atom. The van der Waals surface area contributed by atoms with Crippen LogP contribution in [0.1, 0.15) is 23.7 Å². The molecule has 0 aliphatic carbocycles. The second-order valence-corrected chi connectivity index (χ2v) is 4.17. The second kappa shape index (κ2) is 3.75. The van der Waals surface area contributed by atoms with Gasteiger partial charge in [-0.15, -0.1) is 0 Å². The van der Waals surface area contributed by atoms with Crippen LogP contribution in [0.3, 0.4) is 0 Å². The first-order valence-electron chi connectivity index (χ1n) is 5.21. The molecule has 0 saturated heterocycles. The minimum atomic E-state index is 0.248. The zero-order valence-electron chi connectivity index (χ0n) is 8.56. The van der Waals surface area contributed by atoms with E-state index in [9.17, 15) is 0 Å². The summed E-state index contributed by atoms with van der Waals surface area (Å²) in [5.41, 5.74) is 1.17. The Kier molecular flexibility index (Phi) is 2.25. The Labute approximate surface area is 97.7 Å². The van der Waals surface area contributed by atoms with Crippen LogP contribution in [0.5, 0.6) is 5.75 Å². The zero-order valence-corrected chi connectivity index (χ0v) is 9.38. The molecule has 3 rings (SSSR count). The maximum absolute atomic E-state index is 5.60. The lowest BCUT2D eigenvalue weighted by molar-refractivity contribution is 0.274. The highest BCUT2D eigenvalue weighted by atomic mass is 32.1. The molecule has 0 bridgehead atoms. The van der Waals surface area contributed by atoms with Crippen molar-refractivity contribution in [1.29, 1.82) is 0 Å². The van der Waals surface area contributed by atoms with Crippen LogP contribution in [0.2, 0.25) is 0 Å². The molecule has 2 heterocycles. The number of fused-ring (bicyclic) bond motifs is 1. The minimum absolute atomic E-state index is 0.248. The van der Waals surface area contributed by atoms with Crippen LogP contribution in [0.15, 0.2) is 24.3 Å². The molecule has 0 saturated carbocycles. The number of benzene rings is 1. The first-order chi connectivity index (χ1) is 7.84. The van der Waals surface area contributed by atoms with Crippen molar-refractivity contribution in [3.8, 4) is 5.75 Å². The summed E-state index contributed by atoms with van der Waals surface area (Å²) in [6.07, 6.45) is 0.924. The molecule has 82 valence electrons. The normalized spacial score (nSPS) is 18.9. The molecule has 0 radical (unpaired) electrons. The summed E-state index contributed by atoms with van der Waals surface area (Å²) in [5, 5.41) is 5.85. The number of H-pyrrole nitrogens is 2. The Hall–Kier alpha value is -1.62. The maximum Gasteiger partial charge on any atom is 0.213 e. The molecule has 1 aliphatic heterocycles. The van der Waals surface area contributed by atoms with Gasteiger partial charge in [-0.1, -0.05) is 18.2 Å². The summed E-state index contributed by atoms with van der Waals surface area (Å²) < 4.78 is 6.10. The van der Waals surface area contributed by atoms with Gasteiger partial charge in [0.25, 0.3) is 0 Å². The van der Waals surface area contributed by atoms with Crippen molar-refractivity contribution >= 4 is 12.2 Å². The quantitative estimate of drug-likeness (QED) is 0.743. The number of nitrogens with one attached hydrogen (secondary N) is 2. The SMILES string of the molecule is S=c1nc(C2CCOc3ccccc32)[nH][nH]1. The Bertz CT molecular complexity index is 560. The Balaban J connectivity index is 2.08. The highest BCUT2D eigenvalue weighted by molar-refractivity contribution is 7.71. The largest absolute Gasteiger partial charge is 0.493 e. The summed E-state index contributed by atoms with van der Waals surface area (Å²) in [5.74, 6) is 2.08. The third kappa shape index (κ3) is 1.53. The van der Waals surface area contributed by atoms with Gasteiger partial charge in [-0.3, -0.25) is 10.2 Å². The fourth-order valence-electron chi connectivity index (χ4n) is 2.07. The van der Waals surface area contributed by atoms with E-state index in [1.165, 1.54) is 5.56 Å². The summed E-state index contributed by atoms with van der Waals surface area (Å²) in [6.45, 7) is 0.717. The fourth-order valence-corrected chi connectivity index (χ4v) is 2.22. The Morgan fingerprint density at radius 2 is 2.19 bits per heavy atom. The molecular weight excluding hydrogens is 222 g/mol. The third-order valence-electron chi connectivity index (χ3n) is 2.81. The predicted octanol–water partition coefficient (Wildman–Crippen LogP) is 2.38. The lowest BCUT2D eigenvalue weighted by Crippen LogP contribution is -2.16. The van der Waals surface area contributed by atoms with Crippen LogP contribution in [-0.4, -0.2) is 21.8 Å². The molecule has 16 heavy (non-hydrogen) atoms. The second-order valence-electron chi connectivity index (χ2n) is 3.78. The van der Waals surface area contributed by atoms with Gasteiger partial charge in [-0.2, -0.15) is 0 Å². The van der Waals surface area contributed by atoms with E-state index in [1.54, 1.807) is 0 Å². The predicted molar refractivity (Wildman–Crippen MR) is 62.2 cm³/mol. The molecule has 0 spiro atoms. The van der Waals surface area contributed by atoms with Gasteiger partial charge in [0, 0.05) is 5.56 Å². The summed E-state index contributed by atoms with van der Waals surface area (Å²) >= 11 is 4.97. The first-order valence-corrected chi connectivity index (χ1v) is 5.62. The molecule has 1 aromatic heterocycles. The number of rotatable bonds is 1. The number of para-hydroxylation sites is 1. The van der Waals surface area contributed by atoms with Crippen LogP contribution < -0.4 is 4.74 Å². The molecule has 0 amide bonds. The van der Waals surface area contributed by atoms with Crippen molar-refractivity contribution in [3.63, 3.8) is 0 Å². The van der Waals surface area contributed by atoms with Crippen molar-refractivity contribution in [2.24, 2.45) is 0 Å². The Morgan fingerprint density at radius 3 is 3.00 bits per heavy atom. The van der Waals surface area contributed by atoms with Gasteiger partial charge in [-0.05, 0) is 24.7 Å². The van der Waals surface area contributed by atoms with E-state index < -0.39 is 0 Å². The van der Waals surface area contributed by atoms with Gasteiger partial charge in [0.1, 0.15) is 11.6 Å². The molecule has 1 aliphatic rings. The molecule has 0 fully saturated rings. The third-order valence-corrected chi connectivity index (χ3v) is 3.00. The lowest BCUT2D eigenvalue weighted by Gasteiger charge is -2.23. The zero-order chi connectivity index (χ0) is 11.0. The topological polar surface area (TPSA) is 53.7 Å². The average Bonchev–Trinajstić information content (AvgIpc) is 2.75. The van der Waals surface area contributed by atoms with Crippen molar-refractivity contribution in [2.75, 3.05) is 6.61 Å². The van der Waals surface area contributed by atoms with Crippen LogP contribution in [0.4, 0.5) is 0 Å². The van der Waals surface area contributed by atoms with E-state index >= 15 is 0 Å². The van der Waals surface area contributed by atoms with Crippen LogP contribution in [-0.2, 0) is 0 Å². The van der Waals surface area contributed by atoms with Crippen molar-refractivity contribution in [1.82, 2.24) is 15.2 Å². The molecular formula is C11H11N3OS. The van der Waals surface area contributed by atoms with Crippen molar-refractivity contribution in [2.45, 2.75) is 12.3 Å². The highest BCUT2D eigenvalue weighted by Gasteiger charge is 2.24. The standard InChI is InChI=1S/C11H11N3OS/c16-11-12-10(13-14-11)8-5-6-15-9-4-2-1-3-7(8)9/h1-4,8H,5-6H2,(H2,12,13,14,16). The number of aromatic amines is 2. The monoisotopic (exact) mass is 233 g/mol. The smallest absolute Gasteiger partial charge is 0.213 e.